The molecule has 0 spiro atoms. The van der Waals surface area contributed by atoms with E-state index in [0.29, 0.717) is 18.1 Å². The van der Waals surface area contributed by atoms with Gasteiger partial charge < -0.3 is 10.2 Å². The molecule has 2 amide bonds. The third kappa shape index (κ3) is 5.98. The lowest BCUT2D eigenvalue weighted by Crippen LogP contribution is -2.42. The minimum absolute atomic E-state index is 0.0406. The highest BCUT2D eigenvalue weighted by molar-refractivity contribution is 6.31. The molecule has 0 fully saturated rings. The summed E-state index contributed by atoms with van der Waals surface area (Å²) in [6, 6.07) is 17.5. The van der Waals surface area contributed by atoms with Crippen LogP contribution in [-0.4, -0.2) is 40.1 Å². The predicted octanol–water partition coefficient (Wildman–Crippen LogP) is 4.37. The first kappa shape index (κ1) is 23.5. The lowest BCUT2D eigenvalue weighted by Gasteiger charge is -2.20. The van der Waals surface area contributed by atoms with Gasteiger partial charge in [-0.15, -0.1) is 0 Å². The molecule has 1 aromatic heterocycles. The van der Waals surface area contributed by atoms with E-state index in [0.717, 1.165) is 22.4 Å². The number of halogens is 1. The Kier molecular flexibility index (Phi) is 7.36. The van der Waals surface area contributed by atoms with Crippen LogP contribution in [0.5, 0.6) is 0 Å². The van der Waals surface area contributed by atoms with Crippen LogP contribution in [-0.2, 0) is 22.7 Å². The average molecular weight is 453 g/mol. The summed E-state index contributed by atoms with van der Waals surface area (Å²) in [4.78, 5) is 26.3. The number of carbonyl (C=O) groups excluding carboxylic acids is 2. The number of amides is 2. The summed E-state index contributed by atoms with van der Waals surface area (Å²) in [6.45, 7) is 6.30. The van der Waals surface area contributed by atoms with Gasteiger partial charge >= 0.3 is 0 Å². The topological polar surface area (TPSA) is 67.2 Å². The van der Waals surface area contributed by atoms with Gasteiger partial charge in [-0.25, -0.2) is 0 Å². The number of likely N-dealkylation sites (N-methyl/N-ethyl adjacent to an activating group) is 1. The highest BCUT2D eigenvalue weighted by atomic mass is 35.5. The van der Waals surface area contributed by atoms with Crippen LogP contribution in [0.15, 0.2) is 60.8 Å². The van der Waals surface area contributed by atoms with Crippen molar-refractivity contribution in [3.63, 3.8) is 0 Å². The molecule has 0 aliphatic rings. The van der Waals surface area contributed by atoms with E-state index in [2.05, 4.69) is 5.32 Å². The van der Waals surface area contributed by atoms with E-state index < -0.39 is 5.41 Å². The van der Waals surface area contributed by atoms with E-state index in [-0.39, 0.29) is 18.4 Å². The lowest BCUT2D eigenvalue weighted by atomic mass is 9.96. The Morgan fingerprint density at radius 2 is 1.69 bits per heavy atom. The molecule has 2 aromatic carbocycles. The Labute approximate surface area is 194 Å². The number of nitrogens with one attached hydrogen (secondary N) is 1. The fraction of sp³-hybridized carbons (Fsp3) is 0.320. The molecule has 32 heavy (non-hydrogen) atoms. The molecule has 0 radical (unpaired) electrons. The largest absolute Gasteiger partial charge is 0.347 e. The number of aromatic nitrogens is 2. The molecular weight excluding hydrogens is 424 g/mol. The Morgan fingerprint density at radius 3 is 2.34 bits per heavy atom. The third-order valence-electron chi connectivity index (χ3n) is 5.09. The molecule has 6 nitrogen and oxygen atoms in total. The lowest BCUT2D eigenvalue weighted by molar-refractivity contribution is -0.134. The van der Waals surface area contributed by atoms with Crippen molar-refractivity contribution in [3.8, 4) is 11.3 Å². The second-order valence-electron chi connectivity index (χ2n) is 8.84. The van der Waals surface area contributed by atoms with E-state index >= 15 is 0 Å². The first-order chi connectivity index (χ1) is 15.1. The summed E-state index contributed by atoms with van der Waals surface area (Å²) in [6.07, 6.45) is 1.95. The van der Waals surface area contributed by atoms with Crippen molar-refractivity contribution in [1.82, 2.24) is 20.0 Å². The molecule has 1 heterocycles. The molecule has 0 unspecified atom stereocenters. The first-order valence-corrected chi connectivity index (χ1v) is 10.9. The van der Waals surface area contributed by atoms with Crippen LogP contribution in [0.25, 0.3) is 11.3 Å². The maximum atomic E-state index is 12.6. The van der Waals surface area contributed by atoms with Crippen molar-refractivity contribution >= 4 is 23.4 Å². The summed E-state index contributed by atoms with van der Waals surface area (Å²) in [5.74, 6) is -0.322. The van der Waals surface area contributed by atoms with Gasteiger partial charge in [-0.2, -0.15) is 5.10 Å². The molecule has 0 saturated carbocycles. The van der Waals surface area contributed by atoms with Crippen LogP contribution in [0, 0.1) is 5.41 Å². The number of carbonyl (C=O) groups is 2. The summed E-state index contributed by atoms with van der Waals surface area (Å²) in [7, 11) is 1.73. The van der Waals surface area contributed by atoms with Crippen molar-refractivity contribution in [3.05, 3.63) is 76.9 Å². The van der Waals surface area contributed by atoms with Gasteiger partial charge in [-0.1, -0.05) is 80.9 Å². The molecule has 3 rings (SSSR count). The summed E-state index contributed by atoms with van der Waals surface area (Å²) < 4.78 is 1.85. The molecule has 0 aliphatic heterocycles. The van der Waals surface area contributed by atoms with Gasteiger partial charge in [0.2, 0.25) is 11.8 Å². The monoisotopic (exact) mass is 452 g/mol. The molecule has 168 valence electrons. The molecular formula is C25H29ClN4O2. The highest BCUT2D eigenvalue weighted by Crippen LogP contribution is 2.24. The minimum atomic E-state index is -0.542. The molecule has 0 bridgehead atoms. The van der Waals surface area contributed by atoms with E-state index in [9.17, 15) is 9.59 Å². The van der Waals surface area contributed by atoms with Crippen molar-refractivity contribution < 1.29 is 9.59 Å². The highest BCUT2D eigenvalue weighted by Gasteiger charge is 2.23. The van der Waals surface area contributed by atoms with Gasteiger partial charge in [0.15, 0.2) is 0 Å². The van der Waals surface area contributed by atoms with Crippen molar-refractivity contribution in [2.75, 3.05) is 13.6 Å². The van der Waals surface area contributed by atoms with Crippen molar-refractivity contribution in [2.24, 2.45) is 5.41 Å². The maximum Gasteiger partial charge on any atom is 0.242 e. The van der Waals surface area contributed by atoms with Gasteiger partial charge in [0.1, 0.15) is 0 Å². The van der Waals surface area contributed by atoms with Gasteiger partial charge in [0.25, 0.3) is 0 Å². The minimum Gasteiger partial charge on any atom is -0.347 e. The van der Waals surface area contributed by atoms with Gasteiger partial charge in [-0.3, -0.25) is 14.3 Å². The number of hydrogen-bond donors (Lipinski definition) is 1. The SMILES string of the molecule is CN(Cc1cn(Cc2ccccc2Cl)nc1-c1ccccc1)C(=O)CNC(=O)C(C)(C)C. The molecule has 0 saturated heterocycles. The van der Waals surface area contributed by atoms with Crippen LogP contribution < -0.4 is 5.32 Å². The number of benzene rings is 2. The maximum absolute atomic E-state index is 12.6. The Hall–Kier alpha value is -3.12. The summed E-state index contributed by atoms with van der Waals surface area (Å²) in [5, 5.41) is 8.19. The third-order valence-corrected chi connectivity index (χ3v) is 5.46. The zero-order chi connectivity index (χ0) is 23.3. The van der Waals surface area contributed by atoms with Crippen LogP contribution in [0.3, 0.4) is 0 Å². The summed E-state index contributed by atoms with van der Waals surface area (Å²) >= 11 is 6.33. The second kappa shape index (κ2) is 10.0. The Bertz CT molecular complexity index is 1090. The Balaban J connectivity index is 1.79. The number of nitrogens with zero attached hydrogens (tertiary/aromatic N) is 3. The van der Waals surface area contributed by atoms with Crippen LogP contribution in [0.2, 0.25) is 5.02 Å². The molecule has 7 heteroatoms. The zero-order valence-electron chi connectivity index (χ0n) is 18.9. The number of hydrogen-bond acceptors (Lipinski definition) is 3. The van der Waals surface area contributed by atoms with Crippen LogP contribution >= 0.6 is 11.6 Å². The average Bonchev–Trinajstić information content (AvgIpc) is 3.15. The smallest absolute Gasteiger partial charge is 0.242 e. The standard InChI is InChI=1S/C25H29ClN4O2/c1-25(2,3)24(32)27-14-22(31)29(4)15-20-17-30(16-19-12-8-9-13-21(19)26)28-23(20)18-10-6-5-7-11-18/h5-13,17H,14-16H2,1-4H3,(H,27,32). The van der Waals surface area contributed by atoms with E-state index in [1.165, 1.54) is 0 Å². The van der Waals surface area contributed by atoms with Crippen LogP contribution in [0.1, 0.15) is 31.9 Å². The molecule has 0 aliphatic carbocycles. The zero-order valence-corrected chi connectivity index (χ0v) is 19.7. The molecule has 1 N–H and O–H groups in total. The summed E-state index contributed by atoms with van der Waals surface area (Å²) in [5.41, 5.74) is 3.14. The van der Waals surface area contributed by atoms with E-state index in [1.54, 1.807) is 11.9 Å². The quantitative estimate of drug-likeness (QED) is 0.578. The molecule has 3 aromatic rings. The second-order valence-corrected chi connectivity index (χ2v) is 9.25. The van der Waals surface area contributed by atoms with Gasteiger partial charge in [-0.05, 0) is 11.6 Å². The van der Waals surface area contributed by atoms with E-state index in [4.69, 9.17) is 16.7 Å². The van der Waals surface area contributed by atoms with E-state index in [1.807, 2.05) is 86.2 Å². The number of rotatable bonds is 7. The fourth-order valence-electron chi connectivity index (χ4n) is 3.20. The predicted molar refractivity (Wildman–Crippen MR) is 127 cm³/mol. The fourth-order valence-corrected chi connectivity index (χ4v) is 3.39. The van der Waals surface area contributed by atoms with Crippen molar-refractivity contribution in [1.29, 1.82) is 0 Å². The normalized spacial score (nSPS) is 11.3. The van der Waals surface area contributed by atoms with Crippen LogP contribution in [0.4, 0.5) is 0 Å². The van der Waals surface area contributed by atoms with Gasteiger partial charge in [0, 0.05) is 41.4 Å². The first-order valence-electron chi connectivity index (χ1n) is 10.5. The van der Waals surface area contributed by atoms with Crippen molar-refractivity contribution in [2.45, 2.75) is 33.9 Å². The van der Waals surface area contributed by atoms with Gasteiger partial charge in [0.05, 0.1) is 18.8 Å². The molecule has 0 atom stereocenters. The Morgan fingerprint density at radius 1 is 1.03 bits per heavy atom.